The Balaban J connectivity index is 2.71. The molecule has 0 aromatic heterocycles. The van der Waals surface area contributed by atoms with Crippen LogP contribution in [0.2, 0.25) is 0 Å². The summed E-state index contributed by atoms with van der Waals surface area (Å²) in [5.41, 5.74) is 0. The van der Waals surface area contributed by atoms with Gasteiger partial charge in [0.1, 0.15) is 18.8 Å². The van der Waals surface area contributed by atoms with Crippen molar-refractivity contribution >= 4 is 23.9 Å². The molecule has 2 rings (SSSR count). The zero-order chi connectivity index (χ0) is 24.3. The van der Waals surface area contributed by atoms with Crippen molar-refractivity contribution in [3.63, 3.8) is 0 Å². The number of carbonyl (C=O) groups excluding carboxylic acids is 4. The molecule has 0 bridgehead atoms. The van der Waals surface area contributed by atoms with E-state index in [1.807, 2.05) is 6.07 Å². The highest BCUT2D eigenvalue weighted by molar-refractivity contribution is 5.75. The predicted octanol–water partition coefficient (Wildman–Crippen LogP) is -0.586. The minimum atomic E-state index is -2.30. The molecule has 0 spiro atoms. The van der Waals surface area contributed by atoms with Gasteiger partial charge in [-0.05, 0) is 0 Å². The monoisotopic (exact) mass is 459 g/mol. The highest BCUT2D eigenvalue weighted by Gasteiger charge is 2.76. The van der Waals surface area contributed by atoms with Crippen molar-refractivity contribution in [3.05, 3.63) is 0 Å². The van der Waals surface area contributed by atoms with E-state index in [9.17, 15) is 24.4 Å². The van der Waals surface area contributed by atoms with Crippen LogP contribution >= 0.6 is 0 Å². The van der Waals surface area contributed by atoms with Crippen LogP contribution in [0.25, 0.3) is 0 Å². The number of nitrogens with zero attached hydrogens (tertiary/aromatic N) is 1. The Hall–Kier alpha value is -2.79. The lowest BCUT2D eigenvalue weighted by atomic mass is 9.77. The predicted molar refractivity (Wildman–Crippen MR) is 97.8 cm³/mol. The number of nitriles is 1. The third kappa shape index (κ3) is 4.53. The van der Waals surface area contributed by atoms with Crippen molar-refractivity contribution in [3.8, 4) is 6.07 Å². The second kappa shape index (κ2) is 9.78. The summed E-state index contributed by atoms with van der Waals surface area (Å²) < 4.78 is 42.7. The van der Waals surface area contributed by atoms with Crippen molar-refractivity contribution in [1.29, 1.82) is 5.26 Å². The first kappa shape index (κ1) is 25.5. The van der Waals surface area contributed by atoms with Gasteiger partial charge in [-0.15, -0.1) is 0 Å². The third-order valence-corrected chi connectivity index (χ3v) is 5.08. The Bertz CT molecular complexity index is 803. The molecule has 2 fully saturated rings. The normalized spacial score (nSPS) is 32.7. The van der Waals surface area contributed by atoms with Crippen LogP contribution in [0.4, 0.5) is 0 Å². The van der Waals surface area contributed by atoms with Crippen molar-refractivity contribution < 1.29 is 57.1 Å². The van der Waals surface area contributed by atoms with E-state index in [4.69, 9.17) is 37.9 Å². The third-order valence-electron chi connectivity index (χ3n) is 5.08. The second-order valence-electron chi connectivity index (χ2n) is 7.03. The maximum absolute atomic E-state index is 12.8. The van der Waals surface area contributed by atoms with Crippen LogP contribution in [-0.4, -0.2) is 81.9 Å². The Morgan fingerprint density at radius 2 is 1.50 bits per heavy atom. The molecule has 0 radical (unpaired) electrons. The van der Waals surface area contributed by atoms with Crippen LogP contribution < -0.4 is 0 Å². The van der Waals surface area contributed by atoms with E-state index in [1.165, 1.54) is 0 Å². The molecule has 0 aromatic rings. The van der Waals surface area contributed by atoms with Crippen molar-refractivity contribution in [2.75, 3.05) is 27.9 Å². The minimum absolute atomic E-state index is 0.486. The topological polar surface area (TPSA) is 166 Å². The number of carbonyl (C=O) groups is 4. The highest BCUT2D eigenvalue weighted by Crippen LogP contribution is 2.55. The van der Waals surface area contributed by atoms with E-state index in [-0.39, 0.29) is 0 Å². The van der Waals surface area contributed by atoms with Gasteiger partial charge in [-0.25, -0.2) is 0 Å². The molecule has 2 heterocycles. The first-order valence-electron chi connectivity index (χ1n) is 9.46. The highest BCUT2D eigenvalue weighted by atomic mass is 16.9. The first-order chi connectivity index (χ1) is 15.0. The molecule has 2 aliphatic rings. The number of hydrogen-bond acceptors (Lipinski definition) is 13. The maximum Gasteiger partial charge on any atom is 0.317 e. The summed E-state index contributed by atoms with van der Waals surface area (Å²) in [7, 11) is 3.40. The summed E-state index contributed by atoms with van der Waals surface area (Å²) in [6.07, 6.45) is -4.17. The molecular weight excluding hydrogens is 434 g/mol. The van der Waals surface area contributed by atoms with Gasteiger partial charge in [-0.2, -0.15) is 5.26 Å². The summed E-state index contributed by atoms with van der Waals surface area (Å²) in [6.45, 7) is 2.83. The van der Waals surface area contributed by atoms with Crippen molar-refractivity contribution in [2.24, 2.45) is 11.8 Å². The number of hydrogen-bond donors (Lipinski definition) is 0. The standard InChI is InChI=1S/C19H25NO12/c1-9(21)28-7-12-15(29-10(2)22)16(30-11(3)23)13-14(17(24)25-4)19(26-5,27-6)32-18(13,8-20)31-12/h12-16H,7H2,1-6H3/t12-,13-,14?,15+,16-,18-/m1/s1. The van der Waals surface area contributed by atoms with Crippen LogP contribution in [-0.2, 0) is 57.1 Å². The van der Waals surface area contributed by atoms with E-state index in [0.29, 0.717) is 0 Å². The van der Waals surface area contributed by atoms with E-state index in [1.54, 1.807) is 0 Å². The zero-order valence-electron chi connectivity index (χ0n) is 18.4. The van der Waals surface area contributed by atoms with Gasteiger partial charge in [0.2, 0.25) is 0 Å². The molecular formula is C19H25NO12. The molecule has 13 heteroatoms. The molecule has 178 valence electrons. The molecule has 0 N–H and O–H groups in total. The van der Waals surface area contributed by atoms with Gasteiger partial charge >= 0.3 is 23.9 Å². The number of esters is 4. The lowest BCUT2D eigenvalue weighted by Crippen LogP contribution is -2.64. The Kier molecular flexibility index (Phi) is 7.79. The molecule has 32 heavy (non-hydrogen) atoms. The van der Waals surface area contributed by atoms with Gasteiger partial charge < -0.3 is 33.2 Å². The fourth-order valence-corrected chi connectivity index (χ4v) is 3.96. The number of fused-ring (bicyclic) bond motifs is 1. The summed E-state index contributed by atoms with van der Waals surface area (Å²) >= 11 is 0. The van der Waals surface area contributed by atoms with Crippen molar-refractivity contribution in [2.45, 2.75) is 50.8 Å². The summed E-state index contributed by atoms with van der Waals surface area (Å²) in [5, 5.41) is 10.0. The van der Waals surface area contributed by atoms with Crippen LogP contribution in [0.5, 0.6) is 0 Å². The first-order valence-corrected chi connectivity index (χ1v) is 9.46. The van der Waals surface area contributed by atoms with Gasteiger partial charge in [0.05, 0.1) is 13.0 Å². The van der Waals surface area contributed by atoms with Crippen LogP contribution in [0.1, 0.15) is 20.8 Å². The molecule has 2 aliphatic heterocycles. The molecule has 0 aromatic carbocycles. The smallest absolute Gasteiger partial charge is 0.317 e. The maximum atomic E-state index is 12.8. The van der Waals surface area contributed by atoms with Crippen LogP contribution in [0, 0.1) is 23.2 Å². The quantitative estimate of drug-likeness (QED) is 0.270. The Morgan fingerprint density at radius 3 is 1.94 bits per heavy atom. The number of methoxy groups -OCH3 is 3. The molecule has 0 amide bonds. The largest absolute Gasteiger partial charge is 0.469 e. The fraction of sp³-hybridized carbons (Fsp3) is 0.737. The lowest BCUT2D eigenvalue weighted by Gasteiger charge is -2.45. The summed E-state index contributed by atoms with van der Waals surface area (Å²) in [6, 6.07) is 1.82. The van der Waals surface area contributed by atoms with Gasteiger partial charge in [0.15, 0.2) is 18.1 Å². The van der Waals surface area contributed by atoms with Gasteiger partial charge in [-0.3, -0.25) is 23.9 Å². The Labute approximate surface area is 183 Å². The molecule has 6 atom stereocenters. The average Bonchev–Trinajstić information content (AvgIpc) is 3.04. The zero-order valence-corrected chi connectivity index (χ0v) is 18.4. The van der Waals surface area contributed by atoms with Crippen LogP contribution in [0.15, 0.2) is 0 Å². The number of ether oxygens (including phenoxy) is 8. The lowest BCUT2D eigenvalue weighted by molar-refractivity contribution is -0.410. The van der Waals surface area contributed by atoms with Gasteiger partial charge in [0.25, 0.3) is 11.8 Å². The SMILES string of the molecule is COC(=O)C1[C@@H]2[C@@H](OC(C)=O)[C@@H](OC(C)=O)[C@@H](COC(C)=O)O[C@]2(C#N)OC1(OC)OC. The van der Waals surface area contributed by atoms with Crippen LogP contribution in [0.3, 0.4) is 0 Å². The minimum Gasteiger partial charge on any atom is -0.469 e. The Morgan fingerprint density at radius 1 is 0.938 bits per heavy atom. The van der Waals surface area contributed by atoms with E-state index >= 15 is 0 Å². The molecule has 13 nitrogen and oxygen atoms in total. The van der Waals surface area contributed by atoms with E-state index in [2.05, 4.69) is 0 Å². The molecule has 0 aliphatic carbocycles. The second-order valence-corrected chi connectivity index (χ2v) is 7.03. The van der Waals surface area contributed by atoms with Crippen molar-refractivity contribution in [1.82, 2.24) is 0 Å². The average molecular weight is 459 g/mol. The fourth-order valence-electron chi connectivity index (χ4n) is 3.96. The van der Waals surface area contributed by atoms with E-state index in [0.717, 1.165) is 42.1 Å². The summed E-state index contributed by atoms with van der Waals surface area (Å²) in [4.78, 5) is 47.9. The van der Waals surface area contributed by atoms with E-state index < -0.39 is 72.4 Å². The summed E-state index contributed by atoms with van der Waals surface area (Å²) in [5.74, 6) is -10.6. The molecule has 2 saturated heterocycles. The molecule has 0 saturated carbocycles. The van der Waals surface area contributed by atoms with Gasteiger partial charge in [0, 0.05) is 35.0 Å². The van der Waals surface area contributed by atoms with Gasteiger partial charge in [-0.1, -0.05) is 0 Å². The molecule has 1 unspecified atom stereocenters. The number of rotatable bonds is 7.